The Bertz CT molecular complexity index is 548. The van der Waals surface area contributed by atoms with Crippen molar-refractivity contribution in [3.8, 4) is 11.5 Å². The van der Waals surface area contributed by atoms with Gasteiger partial charge in [0.05, 0.1) is 19.8 Å². The van der Waals surface area contributed by atoms with Gasteiger partial charge in [-0.15, -0.1) is 0 Å². The normalized spacial score (nSPS) is 21.8. The molecule has 132 valence electrons. The number of hydrogen-bond acceptors (Lipinski definition) is 5. The first-order chi connectivity index (χ1) is 11.7. The Morgan fingerprint density at radius 1 is 1.25 bits per heavy atom. The topological polar surface area (TPSA) is 72.1 Å². The van der Waals surface area contributed by atoms with E-state index in [1.807, 2.05) is 24.3 Å². The van der Waals surface area contributed by atoms with E-state index in [-0.39, 0.29) is 12.1 Å². The average Bonchev–Trinajstić information content (AvgIpc) is 2.65. The molecule has 3 rings (SSSR count). The van der Waals surface area contributed by atoms with Gasteiger partial charge in [-0.05, 0) is 19.1 Å². The molecule has 0 bridgehead atoms. The maximum absolute atomic E-state index is 12.0. The molecular weight excluding hydrogens is 310 g/mol. The lowest BCUT2D eigenvalue weighted by molar-refractivity contribution is 0.0208. The third-order valence-corrected chi connectivity index (χ3v) is 4.28. The molecule has 2 heterocycles. The lowest BCUT2D eigenvalue weighted by Crippen LogP contribution is -2.50. The van der Waals surface area contributed by atoms with Gasteiger partial charge in [-0.1, -0.05) is 12.1 Å². The summed E-state index contributed by atoms with van der Waals surface area (Å²) in [6.45, 7) is 6.91. The van der Waals surface area contributed by atoms with Crippen LogP contribution in [0.2, 0.25) is 0 Å². The SMILES string of the molecule is C[C@@H](CNC(=O)NC[C@@H]1COc2ccccc2O1)N1CCOCC1. The molecule has 7 heteroatoms. The van der Waals surface area contributed by atoms with Crippen LogP contribution in [0.15, 0.2) is 24.3 Å². The predicted octanol–water partition coefficient (Wildman–Crippen LogP) is 0.846. The van der Waals surface area contributed by atoms with Crippen molar-refractivity contribution in [1.29, 1.82) is 0 Å². The third-order valence-electron chi connectivity index (χ3n) is 4.28. The van der Waals surface area contributed by atoms with Crippen LogP contribution in [0.4, 0.5) is 4.79 Å². The summed E-state index contributed by atoms with van der Waals surface area (Å²) < 4.78 is 16.8. The average molecular weight is 335 g/mol. The summed E-state index contributed by atoms with van der Waals surface area (Å²) in [4.78, 5) is 14.3. The van der Waals surface area contributed by atoms with E-state index >= 15 is 0 Å². The summed E-state index contributed by atoms with van der Waals surface area (Å²) in [6, 6.07) is 7.66. The smallest absolute Gasteiger partial charge is 0.314 e. The second kappa shape index (κ2) is 8.21. The van der Waals surface area contributed by atoms with Gasteiger partial charge in [0.2, 0.25) is 0 Å². The molecule has 2 aliphatic rings. The van der Waals surface area contributed by atoms with Crippen LogP contribution in [0.25, 0.3) is 0 Å². The molecule has 2 amide bonds. The lowest BCUT2D eigenvalue weighted by Gasteiger charge is -2.32. The molecule has 0 aliphatic carbocycles. The van der Waals surface area contributed by atoms with E-state index in [0.717, 1.165) is 37.8 Å². The minimum absolute atomic E-state index is 0.178. The highest BCUT2D eigenvalue weighted by Crippen LogP contribution is 2.30. The number of morpholine rings is 1. The molecular formula is C17H25N3O4. The van der Waals surface area contributed by atoms with Gasteiger partial charge in [-0.25, -0.2) is 4.79 Å². The Balaban J connectivity index is 1.35. The highest BCUT2D eigenvalue weighted by Gasteiger charge is 2.21. The van der Waals surface area contributed by atoms with Gasteiger partial charge in [0, 0.05) is 25.7 Å². The number of ether oxygens (including phenoxy) is 3. The first kappa shape index (κ1) is 16.9. The Kier molecular flexibility index (Phi) is 5.77. The summed E-state index contributed by atoms with van der Waals surface area (Å²) >= 11 is 0. The summed E-state index contributed by atoms with van der Waals surface area (Å²) in [7, 11) is 0. The van der Waals surface area contributed by atoms with Crippen molar-refractivity contribution in [2.24, 2.45) is 0 Å². The Morgan fingerprint density at radius 3 is 2.79 bits per heavy atom. The molecule has 2 N–H and O–H groups in total. The monoisotopic (exact) mass is 335 g/mol. The highest BCUT2D eigenvalue weighted by atomic mass is 16.6. The fourth-order valence-corrected chi connectivity index (χ4v) is 2.82. The van der Waals surface area contributed by atoms with E-state index in [1.165, 1.54) is 0 Å². The van der Waals surface area contributed by atoms with Gasteiger partial charge >= 0.3 is 6.03 Å². The molecule has 7 nitrogen and oxygen atoms in total. The van der Waals surface area contributed by atoms with Crippen LogP contribution < -0.4 is 20.1 Å². The van der Waals surface area contributed by atoms with Crippen LogP contribution in [0.3, 0.4) is 0 Å². The minimum atomic E-state index is -0.183. The van der Waals surface area contributed by atoms with E-state index in [9.17, 15) is 4.79 Å². The number of nitrogens with one attached hydrogen (secondary N) is 2. The summed E-state index contributed by atoms with van der Waals surface area (Å²) in [6.07, 6.45) is -0.178. The molecule has 0 spiro atoms. The maximum Gasteiger partial charge on any atom is 0.314 e. The number of nitrogens with zero attached hydrogens (tertiary/aromatic N) is 1. The van der Waals surface area contributed by atoms with Crippen LogP contribution in [0.1, 0.15) is 6.92 Å². The molecule has 0 aromatic heterocycles. The molecule has 24 heavy (non-hydrogen) atoms. The van der Waals surface area contributed by atoms with Crippen LogP contribution in [0, 0.1) is 0 Å². The molecule has 2 atom stereocenters. The van der Waals surface area contributed by atoms with Crippen molar-refractivity contribution in [3.63, 3.8) is 0 Å². The van der Waals surface area contributed by atoms with E-state index in [2.05, 4.69) is 22.5 Å². The molecule has 0 unspecified atom stereocenters. The quantitative estimate of drug-likeness (QED) is 0.835. The van der Waals surface area contributed by atoms with Gasteiger partial charge in [0.25, 0.3) is 0 Å². The van der Waals surface area contributed by atoms with Crippen molar-refractivity contribution in [3.05, 3.63) is 24.3 Å². The van der Waals surface area contributed by atoms with Gasteiger partial charge in [-0.2, -0.15) is 0 Å². The Morgan fingerprint density at radius 2 is 2.00 bits per heavy atom. The fourth-order valence-electron chi connectivity index (χ4n) is 2.82. The number of carbonyl (C=O) groups is 1. The summed E-state index contributed by atoms with van der Waals surface area (Å²) in [5, 5.41) is 5.75. The number of rotatable bonds is 5. The first-order valence-electron chi connectivity index (χ1n) is 8.44. The van der Waals surface area contributed by atoms with Crippen molar-refractivity contribution in [2.75, 3.05) is 46.0 Å². The number of benzene rings is 1. The van der Waals surface area contributed by atoms with Crippen molar-refractivity contribution in [2.45, 2.75) is 19.1 Å². The molecule has 2 aliphatic heterocycles. The number of amides is 2. The highest BCUT2D eigenvalue weighted by molar-refractivity contribution is 5.73. The number of urea groups is 1. The van der Waals surface area contributed by atoms with Crippen LogP contribution in [-0.2, 0) is 4.74 Å². The first-order valence-corrected chi connectivity index (χ1v) is 8.44. The second-order valence-electron chi connectivity index (χ2n) is 6.09. The minimum Gasteiger partial charge on any atom is -0.486 e. The second-order valence-corrected chi connectivity index (χ2v) is 6.09. The predicted molar refractivity (Wildman–Crippen MR) is 89.6 cm³/mol. The zero-order valence-corrected chi connectivity index (χ0v) is 14.0. The van der Waals surface area contributed by atoms with E-state index in [0.29, 0.717) is 25.7 Å². The molecule has 1 saturated heterocycles. The van der Waals surface area contributed by atoms with Gasteiger partial charge in [0.15, 0.2) is 17.6 Å². The Labute approximate surface area is 142 Å². The molecule has 1 fully saturated rings. The van der Waals surface area contributed by atoms with E-state index in [1.54, 1.807) is 0 Å². The lowest BCUT2D eigenvalue weighted by atomic mass is 10.2. The third kappa shape index (κ3) is 4.52. The van der Waals surface area contributed by atoms with E-state index in [4.69, 9.17) is 14.2 Å². The van der Waals surface area contributed by atoms with Gasteiger partial charge in [-0.3, -0.25) is 4.90 Å². The van der Waals surface area contributed by atoms with Crippen molar-refractivity contribution in [1.82, 2.24) is 15.5 Å². The van der Waals surface area contributed by atoms with Crippen molar-refractivity contribution < 1.29 is 19.0 Å². The van der Waals surface area contributed by atoms with Gasteiger partial charge in [0.1, 0.15) is 6.61 Å². The number of carbonyl (C=O) groups excluding carboxylic acids is 1. The van der Waals surface area contributed by atoms with Gasteiger partial charge < -0.3 is 24.8 Å². The summed E-state index contributed by atoms with van der Waals surface area (Å²) in [5.41, 5.74) is 0. The fraction of sp³-hybridized carbons (Fsp3) is 0.588. The summed E-state index contributed by atoms with van der Waals surface area (Å²) in [5.74, 6) is 1.47. The van der Waals surface area contributed by atoms with Crippen LogP contribution in [-0.4, -0.2) is 69.1 Å². The van der Waals surface area contributed by atoms with E-state index < -0.39 is 0 Å². The number of fused-ring (bicyclic) bond motifs is 1. The number of para-hydroxylation sites is 2. The van der Waals surface area contributed by atoms with Crippen LogP contribution >= 0.6 is 0 Å². The molecule has 1 aromatic rings. The molecule has 0 saturated carbocycles. The Hall–Kier alpha value is -1.99. The largest absolute Gasteiger partial charge is 0.486 e. The zero-order valence-electron chi connectivity index (χ0n) is 14.0. The van der Waals surface area contributed by atoms with Crippen molar-refractivity contribution >= 4 is 6.03 Å². The van der Waals surface area contributed by atoms with Crippen LogP contribution in [0.5, 0.6) is 11.5 Å². The molecule has 1 aromatic carbocycles. The molecule has 0 radical (unpaired) electrons. The number of hydrogen-bond donors (Lipinski definition) is 2. The zero-order chi connectivity index (χ0) is 16.8. The maximum atomic E-state index is 12.0. The standard InChI is InChI=1S/C17H25N3O4/c1-13(20-6-8-22-9-7-20)10-18-17(21)19-11-14-12-23-15-4-2-3-5-16(15)24-14/h2-5,13-14H,6-12H2,1H3,(H2,18,19,21)/t13-,14+/m0/s1.